The van der Waals surface area contributed by atoms with Gasteiger partial charge in [0.2, 0.25) is 6.10 Å². The van der Waals surface area contributed by atoms with Gasteiger partial charge in [-0.25, -0.2) is 4.79 Å². The van der Waals surface area contributed by atoms with E-state index in [9.17, 15) is 58.6 Å². The number of carbonyl (C=O) groups is 1. The van der Waals surface area contributed by atoms with Crippen molar-refractivity contribution in [2.75, 3.05) is 6.61 Å². The molecule has 30 heavy (non-hydrogen) atoms. The fourth-order valence-corrected chi connectivity index (χ4v) is 3.66. The molecule has 0 unspecified atom stereocenters. The van der Waals surface area contributed by atoms with Crippen LogP contribution in [0.3, 0.4) is 0 Å². The van der Waals surface area contributed by atoms with Crippen molar-refractivity contribution in [2.45, 2.75) is 60.2 Å². The molecule has 168 valence electrons. The van der Waals surface area contributed by atoms with Gasteiger partial charge in [-0.05, 0) is 0 Å². The van der Waals surface area contributed by atoms with Crippen molar-refractivity contribution < 1.29 is 72.8 Å². The number of ether oxygens (including phenoxy) is 3. The first-order valence-electron chi connectivity index (χ1n) is 7.67. The average molecular weight is 484 g/mol. The van der Waals surface area contributed by atoms with Crippen molar-refractivity contribution >= 4 is 75.2 Å². The summed E-state index contributed by atoms with van der Waals surface area (Å²) in [4.78, 5) is 8.45. The van der Waals surface area contributed by atoms with E-state index in [4.69, 9.17) is 4.74 Å². The molecular weight excluding hydrogens is 462 g/mol. The van der Waals surface area contributed by atoms with Crippen molar-refractivity contribution in [1.82, 2.24) is 0 Å². The SMILES string of the molecule is O=C(O[C@@H]1[C@H](O)[C@@H](O)[C@@H](O)O[C@@H]1CO)[C@H]1O[C@@H](O)[C@H](O)[C@@H](O)[C@@]1(O)S(=O)(=O)O.[NaH].[NaH]. The summed E-state index contributed by atoms with van der Waals surface area (Å²) in [6.07, 6.45) is -20.2. The molecule has 0 aliphatic carbocycles. The Labute approximate surface area is 213 Å². The number of aliphatic hydroxyl groups is 8. The summed E-state index contributed by atoms with van der Waals surface area (Å²) in [6.45, 7) is -0.961. The molecule has 18 heteroatoms. The Morgan fingerprint density at radius 2 is 1.43 bits per heavy atom. The van der Waals surface area contributed by atoms with E-state index < -0.39 is 82.9 Å². The van der Waals surface area contributed by atoms with Gasteiger partial charge in [-0.3, -0.25) is 4.55 Å². The molecule has 0 aromatic carbocycles. The zero-order valence-electron chi connectivity index (χ0n) is 13.8. The Kier molecular flexibility index (Phi) is 11.8. The second kappa shape index (κ2) is 11.4. The zero-order chi connectivity index (χ0) is 21.6. The van der Waals surface area contributed by atoms with Crippen LogP contribution in [0, 0.1) is 0 Å². The molecule has 0 radical (unpaired) electrons. The van der Waals surface area contributed by atoms with E-state index in [1.165, 1.54) is 0 Å². The quantitative estimate of drug-likeness (QED) is 0.102. The molecule has 0 amide bonds. The summed E-state index contributed by atoms with van der Waals surface area (Å²) in [5.74, 6) is -1.90. The predicted molar refractivity (Wildman–Crippen MR) is 93.5 cm³/mol. The molecule has 2 saturated heterocycles. The maximum absolute atomic E-state index is 12.3. The Morgan fingerprint density at radius 1 is 0.933 bits per heavy atom. The van der Waals surface area contributed by atoms with Crippen LogP contribution in [-0.4, -0.2) is 186 Å². The van der Waals surface area contributed by atoms with Gasteiger partial charge in [-0.15, -0.1) is 0 Å². The van der Waals surface area contributed by atoms with Gasteiger partial charge in [0.25, 0.3) is 4.93 Å². The van der Waals surface area contributed by atoms with Crippen molar-refractivity contribution in [3.8, 4) is 0 Å². The fourth-order valence-electron chi connectivity index (χ4n) is 2.79. The van der Waals surface area contributed by atoms with Gasteiger partial charge < -0.3 is 55.1 Å². The summed E-state index contributed by atoms with van der Waals surface area (Å²) in [5, 5.41) is 77.0. The number of carbonyl (C=O) groups excluding carboxylic acids is 1. The van der Waals surface area contributed by atoms with E-state index in [0.717, 1.165) is 0 Å². The number of aliphatic hydroxyl groups excluding tert-OH is 7. The second-order valence-electron chi connectivity index (χ2n) is 6.20. The summed E-state index contributed by atoms with van der Waals surface area (Å²) in [7, 11) is -5.74. The molecular formula is C12H22Na2O15S. The molecule has 2 heterocycles. The maximum atomic E-state index is 12.3. The Bertz CT molecular complexity index is 691. The number of hydrogen-bond acceptors (Lipinski definition) is 14. The van der Waals surface area contributed by atoms with Crippen LogP contribution >= 0.6 is 0 Å². The van der Waals surface area contributed by atoms with Gasteiger partial charge in [0.15, 0.2) is 18.7 Å². The van der Waals surface area contributed by atoms with Crippen LogP contribution in [0.25, 0.3) is 0 Å². The van der Waals surface area contributed by atoms with E-state index in [0.29, 0.717) is 0 Å². The second-order valence-corrected chi connectivity index (χ2v) is 7.80. The summed E-state index contributed by atoms with van der Waals surface area (Å²) in [5.41, 5.74) is 0. The van der Waals surface area contributed by atoms with Crippen LogP contribution in [0.15, 0.2) is 0 Å². The Balaban J connectivity index is 0.00000420. The average Bonchev–Trinajstić information content (AvgIpc) is 2.61. The first kappa shape index (κ1) is 31.0. The number of hydrogen-bond donors (Lipinski definition) is 9. The van der Waals surface area contributed by atoms with Gasteiger partial charge in [0.1, 0.15) is 30.5 Å². The minimum atomic E-state index is -5.74. The summed E-state index contributed by atoms with van der Waals surface area (Å²) >= 11 is 0. The normalized spacial score (nSPS) is 44.4. The molecule has 0 bridgehead atoms. The van der Waals surface area contributed by atoms with Gasteiger partial charge >= 0.3 is 75.2 Å². The number of rotatable bonds is 4. The molecule has 0 aromatic heterocycles. The van der Waals surface area contributed by atoms with Gasteiger partial charge in [-0.2, -0.15) is 8.42 Å². The molecule has 0 saturated carbocycles. The van der Waals surface area contributed by atoms with E-state index in [1.54, 1.807) is 0 Å². The van der Waals surface area contributed by atoms with Crippen molar-refractivity contribution in [1.29, 1.82) is 0 Å². The molecule has 0 spiro atoms. The van der Waals surface area contributed by atoms with Crippen LogP contribution in [0.4, 0.5) is 0 Å². The van der Waals surface area contributed by atoms with Crippen LogP contribution in [-0.2, 0) is 29.1 Å². The first-order chi connectivity index (χ1) is 12.8. The third-order valence-electron chi connectivity index (χ3n) is 4.41. The van der Waals surface area contributed by atoms with Crippen molar-refractivity contribution in [3.05, 3.63) is 0 Å². The molecule has 9 N–H and O–H groups in total. The Morgan fingerprint density at radius 3 is 1.90 bits per heavy atom. The Hall–Kier alpha value is 0.980. The van der Waals surface area contributed by atoms with Crippen LogP contribution in [0.1, 0.15) is 0 Å². The molecule has 2 aliphatic heterocycles. The fraction of sp³-hybridized carbons (Fsp3) is 0.917. The van der Waals surface area contributed by atoms with Crippen LogP contribution in [0.5, 0.6) is 0 Å². The van der Waals surface area contributed by atoms with Gasteiger partial charge in [-0.1, -0.05) is 0 Å². The minimum absolute atomic E-state index is 0. The molecule has 2 rings (SSSR count). The molecule has 2 fully saturated rings. The van der Waals surface area contributed by atoms with E-state index in [2.05, 4.69) is 9.47 Å². The van der Waals surface area contributed by atoms with E-state index in [1.807, 2.05) is 0 Å². The van der Waals surface area contributed by atoms with Crippen molar-refractivity contribution in [2.24, 2.45) is 0 Å². The van der Waals surface area contributed by atoms with Gasteiger partial charge in [0.05, 0.1) is 6.61 Å². The summed E-state index contributed by atoms with van der Waals surface area (Å²) in [6, 6.07) is 0. The van der Waals surface area contributed by atoms with Gasteiger partial charge in [0, 0.05) is 0 Å². The van der Waals surface area contributed by atoms with Crippen LogP contribution < -0.4 is 0 Å². The standard InChI is InChI=1S/C12H20O15S.2Na.2H/c13-1-2-6(3(14)4(15)9(18)25-2)26-11(20)8-12(21,28(22,23)24)7(17)5(16)10(19)27-8;;;;/h2-10,13-19,21H,1H2,(H,22,23,24);;;;/t2-,3-,4-,5-,6+,7-,8-,9+,10-,12-;;;;/m1..../s1. The molecule has 0 aromatic rings. The third-order valence-corrected chi connectivity index (χ3v) is 5.69. The zero-order valence-corrected chi connectivity index (χ0v) is 14.6. The van der Waals surface area contributed by atoms with E-state index >= 15 is 0 Å². The van der Waals surface area contributed by atoms with E-state index in [-0.39, 0.29) is 59.1 Å². The molecule has 15 nitrogen and oxygen atoms in total. The topological polar surface area (TPSA) is 261 Å². The monoisotopic (exact) mass is 484 g/mol. The molecule has 10 atom stereocenters. The van der Waals surface area contributed by atoms with Crippen LogP contribution in [0.2, 0.25) is 0 Å². The summed E-state index contributed by atoms with van der Waals surface area (Å²) < 4.78 is 46.1. The molecule has 2 aliphatic rings. The predicted octanol–water partition coefficient (Wildman–Crippen LogP) is -7.95. The first-order valence-corrected chi connectivity index (χ1v) is 9.11. The third kappa shape index (κ3) is 5.54. The van der Waals surface area contributed by atoms with Crippen molar-refractivity contribution in [3.63, 3.8) is 0 Å². The number of esters is 1.